The van der Waals surface area contributed by atoms with E-state index < -0.39 is 0 Å². The minimum Gasteiger partial charge on any atom is -0.416 e. The fourth-order valence-corrected chi connectivity index (χ4v) is 4.57. The smallest absolute Gasteiger partial charge is 0.277 e. The third-order valence-electron chi connectivity index (χ3n) is 3.59. The Hall–Kier alpha value is -2.51. The van der Waals surface area contributed by atoms with Crippen molar-refractivity contribution < 1.29 is 13.6 Å². The summed E-state index contributed by atoms with van der Waals surface area (Å²) in [6, 6.07) is 4.30. The molecule has 3 heterocycles. The van der Waals surface area contributed by atoms with E-state index in [1.165, 1.54) is 23.5 Å². The number of rotatable bonds is 8. The zero-order valence-corrected chi connectivity index (χ0v) is 17.5. The van der Waals surface area contributed by atoms with Crippen molar-refractivity contribution >= 4 is 56.1 Å². The number of aromatic nitrogens is 6. The number of hydrogen-bond donors (Lipinski definition) is 1. The van der Waals surface area contributed by atoms with Crippen LogP contribution in [0.4, 0.5) is 9.52 Å². The standard InChI is InChI=1S/C16H14FN7O2S3/c1-24-8-18-22-15(24)27-5-4-13-21-23-16(26-13)28-7-12(25)20-14-19-10-3-2-9(17)6-11(10)29-14/h2-3,6,8H,4-5,7H2,1H3,(H,19,20,25). The molecule has 9 nitrogen and oxygen atoms in total. The van der Waals surface area contributed by atoms with Gasteiger partial charge in [0.25, 0.3) is 5.22 Å². The molecular formula is C16H14FN7O2S3. The number of hydrogen-bond acceptors (Lipinski definition) is 10. The first-order valence-electron chi connectivity index (χ1n) is 8.35. The summed E-state index contributed by atoms with van der Waals surface area (Å²) in [5.74, 6) is 0.719. The molecule has 0 spiro atoms. The highest BCUT2D eigenvalue weighted by Gasteiger charge is 2.13. The lowest BCUT2D eigenvalue weighted by Crippen LogP contribution is -2.13. The van der Waals surface area contributed by atoms with Gasteiger partial charge in [-0.15, -0.1) is 20.4 Å². The van der Waals surface area contributed by atoms with Crippen molar-refractivity contribution in [1.29, 1.82) is 0 Å². The number of aryl methyl sites for hydroxylation is 2. The Balaban J connectivity index is 1.24. The van der Waals surface area contributed by atoms with Crippen molar-refractivity contribution in [1.82, 2.24) is 29.9 Å². The van der Waals surface area contributed by atoms with Gasteiger partial charge in [0.15, 0.2) is 10.3 Å². The number of anilines is 1. The Morgan fingerprint density at radius 2 is 2.21 bits per heavy atom. The first-order valence-corrected chi connectivity index (χ1v) is 11.1. The van der Waals surface area contributed by atoms with Gasteiger partial charge in [0.1, 0.15) is 12.1 Å². The van der Waals surface area contributed by atoms with Crippen LogP contribution in [-0.4, -0.2) is 47.4 Å². The van der Waals surface area contributed by atoms with Gasteiger partial charge in [0, 0.05) is 19.2 Å². The number of thioether (sulfide) groups is 2. The number of amides is 1. The van der Waals surface area contributed by atoms with Gasteiger partial charge in [-0.2, -0.15) is 0 Å². The molecule has 1 amide bonds. The van der Waals surface area contributed by atoms with E-state index in [4.69, 9.17) is 4.42 Å². The van der Waals surface area contributed by atoms with Crippen molar-refractivity contribution in [2.24, 2.45) is 7.05 Å². The van der Waals surface area contributed by atoms with Gasteiger partial charge >= 0.3 is 0 Å². The molecule has 1 N–H and O–H groups in total. The lowest BCUT2D eigenvalue weighted by atomic mass is 10.3. The summed E-state index contributed by atoms with van der Waals surface area (Å²) < 4.78 is 21.3. The van der Waals surface area contributed by atoms with Gasteiger partial charge in [-0.05, 0) is 18.2 Å². The molecule has 0 aliphatic heterocycles. The summed E-state index contributed by atoms with van der Waals surface area (Å²) in [5, 5.41) is 20.0. The molecule has 4 rings (SSSR count). The van der Waals surface area contributed by atoms with Gasteiger partial charge in [0.2, 0.25) is 11.8 Å². The summed E-state index contributed by atoms with van der Waals surface area (Å²) in [5.41, 5.74) is 0.639. The number of thiazole rings is 1. The quantitative estimate of drug-likeness (QED) is 0.404. The highest BCUT2D eigenvalue weighted by atomic mass is 32.2. The van der Waals surface area contributed by atoms with E-state index in [2.05, 4.69) is 30.7 Å². The predicted molar refractivity (Wildman–Crippen MR) is 109 cm³/mol. The zero-order valence-electron chi connectivity index (χ0n) is 15.0. The molecule has 0 saturated heterocycles. The number of nitrogens with zero attached hydrogens (tertiary/aromatic N) is 6. The van der Waals surface area contributed by atoms with Crippen LogP contribution in [0, 0.1) is 5.82 Å². The van der Waals surface area contributed by atoms with Crippen molar-refractivity contribution in [2.75, 3.05) is 16.8 Å². The second-order valence-corrected chi connectivity index (χ2v) is 8.77. The lowest BCUT2D eigenvalue weighted by Gasteiger charge is -1.99. The molecule has 0 aliphatic rings. The maximum atomic E-state index is 13.2. The van der Waals surface area contributed by atoms with Crippen LogP contribution in [0.2, 0.25) is 0 Å². The fraction of sp³-hybridized carbons (Fsp3) is 0.250. The van der Waals surface area contributed by atoms with Crippen LogP contribution in [0.25, 0.3) is 10.2 Å². The van der Waals surface area contributed by atoms with Gasteiger partial charge < -0.3 is 14.3 Å². The molecule has 0 fully saturated rings. The van der Waals surface area contributed by atoms with E-state index in [1.807, 2.05) is 11.6 Å². The third kappa shape index (κ3) is 5.10. The number of benzene rings is 1. The summed E-state index contributed by atoms with van der Waals surface area (Å²) in [6.45, 7) is 0. The number of nitrogens with one attached hydrogen (secondary N) is 1. The van der Waals surface area contributed by atoms with E-state index in [0.717, 1.165) is 22.7 Å². The average Bonchev–Trinajstić information content (AvgIpc) is 3.40. The second-order valence-electron chi connectivity index (χ2n) is 5.75. The van der Waals surface area contributed by atoms with Gasteiger partial charge in [-0.25, -0.2) is 9.37 Å². The van der Waals surface area contributed by atoms with Gasteiger partial charge in [-0.1, -0.05) is 34.9 Å². The van der Waals surface area contributed by atoms with Crippen LogP contribution in [-0.2, 0) is 18.3 Å². The Kier molecular flexibility index (Phi) is 6.06. The Labute approximate surface area is 176 Å². The number of halogens is 1. The predicted octanol–water partition coefficient (Wildman–Crippen LogP) is 3.01. The molecule has 0 bridgehead atoms. The number of carbonyl (C=O) groups excluding carboxylic acids is 1. The summed E-state index contributed by atoms with van der Waals surface area (Å²) in [6.07, 6.45) is 2.22. The largest absolute Gasteiger partial charge is 0.416 e. The zero-order chi connectivity index (χ0) is 20.2. The van der Waals surface area contributed by atoms with Crippen molar-refractivity contribution in [2.45, 2.75) is 16.8 Å². The van der Waals surface area contributed by atoms with Gasteiger partial charge in [-0.3, -0.25) is 4.79 Å². The van der Waals surface area contributed by atoms with Crippen LogP contribution in [0.15, 0.2) is 39.3 Å². The topological polar surface area (TPSA) is 112 Å². The van der Waals surface area contributed by atoms with Crippen LogP contribution >= 0.6 is 34.9 Å². The Morgan fingerprint density at radius 1 is 1.31 bits per heavy atom. The maximum Gasteiger partial charge on any atom is 0.277 e. The molecule has 0 saturated carbocycles. The van der Waals surface area contributed by atoms with Crippen molar-refractivity contribution in [3.63, 3.8) is 0 Å². The van der Waals surface area contributed by atoms with E-state index in [9.17, 15) is 9.18 Å². The van der Waals surface area contributed by atoms with Crippen LogP contribution < -0.4 is 5.32 Å². The monoisotopic (exact) mass is 451 g/mol. The van der Waals surface area contributed by atoms with Crippen molar-refractivity contribution in [3.8, 4) is 0 Å². The molecule has 0 atom stereocenters. The SMILES string of the molecule is Cn1cnnc1SCCc1nnc(SCC(=O)Nc2nc3ccc(F)cc3s2)o1. The van der Waals surface area contributed by atoms with E-state index in [1.54, 1.807) is 24.2 Å². The van der Waals surface area contributed by atoms with E-state index in [-0.39, 0.29) is 17.5 Å². The Bertz CT molecular complexity index is 1140. The first kappa shape index (κ1) is 19.8. The number of fused-ring (bicyclic) bond motifs is 1. The molecule has 0 radical (unpaired) electrons. The lowest BCUT2D eigenvalue weighted by molar-refractivity contribution is -0.113. The maximum absolute atomic E-state index is 13.2. The third-order valence-corrected chi connectivity index (χ3v) is 6.38. The molecule has 0 aliphatic carbocycles. The van der Waals surface area contributed by atoms with Crippen LogP contribution in [0.3, 0.4) is 0 Å². The van der Waals surface area contributed by atoms with Crippen LogP contribution in [0.5, 0.6) is 0 Å². The molecule has 13 heteroatoms. The molecule has 3 aromatic heterocycles. The number of carbonyl (C=O) groups is 1. The van der Waals surface area contributed by atoms with Crippen molar-refractivity contribution in [3.05, 3.63) is 36.2 Å². The van der Waals surface area contributed by atoms with Crippen LogP contribution in [0.1, 0.15) is 5.89 Å². The Morgan fingerprint density at radius 3 is 3.03 bits per heavy atom. The fourth-order valence-electron chi connectivity index (χ4n) is 2.27. The van der Waals surface area contributed by atoms with Gasteiger partial charge in [0.05, 0.1) is 16.0 Å². The summed E-state index contributed by atoms with van der Waals surface area (Å²) >= 11 is 3.90. The average molecular weight is 452 g/mol. The highest BCUT2D eigenvalue weighted by Crippen LogP contribution is 2.27. The van der Waals surface area contributed by atoms with E-state index >= 15 is 0 Å². The first-order chi connectivity index (χ1) is 14.1. The molecule has 29 heavy (non-hydrogen) atoms. The van der Waals surface area contributed by atoms with E-state index in [0.29, 0.717) is 32.9 Å². The normalized spacial score (nSPS) is 11.2. The summed E-state index contributed by atoms with van der Waals surface area (Å²) in [4.78, 5) is 16.4. The minimum absolute atomic E-state index is 0.0968. The molecule has 0 unspecified atom stereocenters. The molecule has 1 aromatic carbocycles. The second kappa shape index (κ2) is 8.88. The molecule has 150 valence electrons. The minimum atomic E-state index is -0.336. The highest BCUT2D eigenvalue weighted by molar-refractivity contribution is 7.99. The molecular weight excluding hydrogens is 437 g/mol. The molecule has 4 aromatic rings. The summed E-state index contributed by atoms with van der Waals surface area (Å²) in [7, 11) is 1.88.